The van der Waals surface area contributed by atoms with Gasteiger partial charge in [-0.3, -0.25) is 14.4 Å². The Morgan fingerprint density at radius 1 is 0.750 bits per heavy atom. The van der Waals surface area contributed by atoms with E-state index < -0.39 is 0 Å². The molecule has 24 heavy (non-hydrogen) atoms. The number of nitrogens with zero attached hydrogens (tertiary/aromatic N) is 4. The van der Waals surface area contributed by atoms with Crippen LogP contribution in [-0.2, 0) is 21.1 Å². The molecule has 0 saturated heterocycles. The number of aryl methyl sites for hydroxylation is 3. The molecule has 0 aliphatic rings. The highest BCUT2D eigenvalue weighted by Gasteiger charge is 1.81. The lowest BCUT2D eigenvalue weighted by Gasteiger charge is -1.89. The average Bonchev–Trinajstić information content (AvgIpc) is 2.57. The van der Waals surface area contributed by atoms with Crippen molar-refractivity contribution in [3.8, 4) is 0 Å². The largest absolute Gasteiger partial charge is 0.357 e. The SMILES string of the molecule is Cn1ccc(=O)cc1.Cn1ccccc1=O.Cn1cnccc1=O. The van der Waals surface area contributed by atoms with E-state index in [2.05, 4.69) is 4.98 Å². The van der Waals surface area contributed by atoms with Gasteiger partial charge in [-0.25, -0.2) is 4.98 Å². The summed E-state index contributed by atoms with van der Waals surface area (Å²) >= 11 is 0. The molecular formula is C17H20N4O3. The fourth-order valence-corrected chi connectivity index (χ4v) is 1.41. The predicted molar refractivity (Wildman–Crippen MR) is 92.8 cm³/mol. The topological polar surface area (TPSA) is 78.9 Å². The molecule has 0 aliphatic heterocycles. The zero-order valence-electron chi connectivity index (χ0n) is 13.9. The minimum absolute atomic E-state index is 0.0278. The number of hydrogen-bond donors (Lipinski definition) is 0. The van der Waals surface area contributed by atoms with Gasteiger partial charge in [0.1, 0.15) is 0 Å². The molecule has 3 heterocycles. The Morgan fingerprint density at radius 3 is 1.75 bits per heavy atom. The van der Waals surface area contributed by atoms with Gasteiger partial charge < -0.3 is 13.7 Å². The molecule has 3 rings (SSSR count). The average molecular weight is 328 g/mol. The molecule has 126 valence electrons. The molecule has 0 saturated carbocycles. The van der Waals surface area contributed by atoms with Crippen molar-refractivity contribution < 1.29 is 0 Å². The van der Waals surface area contributed by atoms with E-state index in [0.29, 0.717) is 0 Å². The highest BCUT2D eigenvalue weighted by Crippen LogP contribution is 1.74. The first kappa shape index (κ1) is 18.8. The third kappa shape index (κ3) is 7.17. The van der Waals surface area contributed by atoms with Gasteiger partial charge in [0, 0.05) is 70.2 Å². The fourth-order valence-electron chi connectivity index (χ4n) is 1.41. The lowest BCUT2D eigenvalue weighted by atomic mass is 10.5. The zero-order valence-corrected chi connectivity index (χ0v) is 13.9. The zero-order chi connectivity index (χ0) is 17.9. The summed E-state index contributed by atoms with van der Waals surface area (Å²) in [6, 6.07) is 9.55. The molecule has 0 atom stereocenters. The highest BCUT2D eigenvalue weighted by atomic mass is 16.1. The Morgan fingerprint density at radius 2 is 1.38 bits per heavy atom. The van der Waals surface area contributed by atoms with Crippen molar-refractivity contribution in [3.05, 3.63) is 98.4 Å². The Bertz CT molecular complexity index is 853. The minimum atomic E-state index is -0.0278. The molecular weight excluding hydrogens is 308 g/mol. The van der Waals surface area contributed by atoms with Gasteiger partial charge in [-0.2, -0.15) is 0 Å². The Hall–Kier alpha value is -3.22. The molecule has 0 unspecified atom stereocenters. The molecule has 0 aliphatic carbocycles. The summed E-state index contributed by atoms with van der Waals surface area (Å²) in [5.74, 6) is 0. The molecule has 3 aromatic heterocycles. The second kappa shape index (κ2) is 9.73. The third-order valence-electron chi connectivity index (χ3n) is 2.85. The first-order valence-electron chi connectivity index (χ1n) is 7.11. The number of aromatic nitrogens is 4. The molecule has 3 aromatic rings. The van der Waals surface area contributed by atoms with Crippen LogP contribution in [-0.4, -0.2) is 18.7 Å². The van der Waals surface area contributed by atoms with E-state index in [1.807, 2.05) is 17.7 Å². The van der Waals surface area contributed by atoms with Crippen LogP contribution in [0.4, 0.5) is 0 Å². The van der Waals surface area contributed by atoms with E-state index in [-0.39, 0.29) is 16.5 Å². The van der Waals surface area contributed by atoms with Crippen LogP contribution in [0.1, 0.15) is 0 Å². The van der Waals surface area contributed by atoms with Crippen molar-refractivity contribution >= 4 is 0 Å². The number of hydrogen-bond acceptors (Lipinski definition) is 4. The van der Waals surface area contributed by atoms with Crippen LogP contribution in [0.2, 0.25) is 0 Å². The number of pyridine rings is 2. The molecule has 0 amide bonds. The van der Waals surface area contributed by atoms with Crippen LogP contribution in [0.15, 0.2) is 81.9 Å². The Labute approximate surface area is 139 Å². The van der Waals surface area contributed by atoms with Gasteiger partial charge in [-0.05, 0) is 6.07 Å². The van der Waals surface area contributed by atoms with E-state index in [1.165, 1.54) is 45.9 Å². The maximum absolute atomic E-state index is 10.6. The van der Waals surface area contributed by atoms with Crippen LogP contribution >= 0.6 is 0 Å². The molecule has 0 bridgehead atoms. The summed E-state index contributed by atoms with van der Waals surface area (Å²) in [5.41, 5.74) is 0.0654. The number of rotatable bonds is 0. The van der Waals surface area contributed by atoms with Crippen LogP contribution in [0.25, 0.3) is 0 Å². The summed E-state index contributed by atoms with van der Waals surface area (Å²) in [4.78, 5) is 35.2. The molecule has 7 nitrogen and oxygen atoms in total. The van der Waals surface area contributed by atoms with Crippen LogP contribution in [0.5, 0.6) is 0 Å². The lowest BCUT2D eigenvalue weighted by Crippen LogP contribution is -2.13. The highest BCUT2D eigenvalue weighted by molar-refractivity contribution is 4.92. The van der Waals surface area contributed by atoms with Crippen molar-refractivity contribution in [2.75, 3.05) is 0 Å². The normalized spacial score (nSPS) is 9.12. The molecule has 0 radical (unpaired) electrons. The molecule has 0 spiro atoms. The summed E-state index contributed by atoms with van der Waals surface area (Å²) in [5, 5.41) is 0. The van der Waals surface area contributed by atoms with Gasteiger partial charge in [0.25, 0.3) is 5.56 Å². The first-order chi connectivity index (χ1) is 11.4. The van der Waals surface area contributed by atoms with Crippen molar-refractivity contribution in [1.82, 2.24) is 18.7 Å². The summed E-state index contributed by atoms with van der Waals surface area (Å²) < 4.78 is 4.77. The second-order valence-corrected chi connectivity index (χ2v) is 4.88. The summed E-state index contributed by atoms with van der Waals surface area (Å²) in [6.07, 6.45) is 8.12. The summed E-state index contributed by atoms with van der Waals surface area (Å²) in [6.45, 7) is 0. The van der Waals surface area contributed by atoms with Crippen molar-refractivity contribution in [2.45, 2.75) is 0 Å². The van der Waals surface area contributed by atoms with E-state index in [1.54, 1.807) is 38.8 Å². The second-order valence-electron chi connectivity index (χ2n) is 4.88. The van der Waals surface area contributed by atoms with Crippen molar-refractivity contribution in [1.29, 1.82) is 0 Å². The molecule has 0 aromatic carbocycles. The van der Waals surface area contributed by atoms with Gasteiger partial charge in [0.2, 0.25) is 5.56 Å². The van der Waals surface area contributed by atoms with Gasteiger partial charge in [-0.1, -0.05) is 6.07 Å². The fraction of sp³-hybridized carbons (Fsp3) is 0.176. The standard InChI is InChI=1S/2C6H7NO.C5H6N2O/c1-7-4-2-6(8)3-5-7;1-7-5-3-2-4-6(7)8;1-7-4-6-3-2-5(7)8/h2*2-5H,1H3;2-4H,1H3. The summed E-state index contributed by atoms with van der Waals surface area (Å²) in [7, 11) is 5.26. The lowest BCUT2D eigenvalue weighted by molar-refractivity contribution is 0.824. The van der Waals surface area contributed by atoms with Gasteiger partial charge in [0.15, 0.2) is 5.43 Å². The van der Waals surface area contributed by atoms with E-state index in [0.717, 1.165) is 0 Å². The smallest absolute Gasteiger partial charge is 0.252 e. The molecule has 0 fully saturated rings. The van der Waals surface area contributed by atoms with Crippen molar-refractivity contribution in [3.63, 3.8) is 0 Å². The monoisotopic (exact) mass is 328 g/mol. The van der Waals surface area contributed by atoms with E-state index in [4.69, 9.17) is 0 Å². The maximum atomic E-state index is 10.6. The Kier molecular flexibility index (Phi) is 7.63. The van der Waals surface area contributed by atoms with Gasteiger partial charge in [-0.15, -0.1) is 0 Å². The first-order valence-corrected chi connectivity index (χ1v) is 7.11. The Balaban J connectivity index is 0.000000180. The van der Waals surface area contributed by atoms with Gasteiger partial charge in [0.05, 0.1) is 6.33 Å². The predicted octanol–water partition coefficient (Wildman–Crippen LogP) is 0.551. The molecule has 7 heteroatoms. The maximum Gasteiger partial charge on any atom is 0.252 e. The minimum Gasteiger partial charge on any atom is -0.357 e. The van der Waals surface area contributed by atoms with Gasteiger partial charge >= 0.3 is 0 Å². The van der Waals surface area contributed by atoms with Crippen molar-refractivity contribution in [2.24, 2.45) is 21.1 Å². The van der Waals surface area contributed by atoms with E-state index in [9.17, 15) is 14.4 Å². The van der Waals surface area contributed by atoms with E-state index >= 15 is 0 Å². The third-order valence-corrected chi connectivity index (χ3v) is 2.85. The molecule has 0 N–H and O–H groups in total. The van der Waals surface area contributed by atoms with Crippen LogP contribution in [0.3, 0.4) is 0 Å². The quantitative estimate of drug-likeness (QED) is 0.604. The van der Waals surface area contributed by atoms with Crippen LogP contribution in [0, 0.1) is 0 Å². The van der Waals surface area contributed by atoms with Crippen LogP contribution < -0.4 is 16.5 Å².